The van der Waals surface area contributed by atoms with E-state index in [1.165, 1.54) is 0 Å². The summed E-state index contributed by atoms with van der Waals surface area (Å²) >= 11 is 0. The summed E-state index contributed by atoms with van der Waals surface area (Å²) in [5.74, 6) is -1.64. The number of carboxylic acids is 1. The van der Waals surface area contributed by atoms with Gasteiger partial charge in [-0.1, -0.05) is 123 Å². The molecule has 0 aliphatic rings. The number of carbonyl (C=O) groups is 3. The van der Waals surface area contributed by atoms with Crippen molar-refractivity contribution in [2.45, 2.75) is 129 Å². The molecule has 0 aliphatic heterocycles. The van der Waals surface area contributed by atoms with E-state index in [9.17, 15) is 19.5 Å². The van der Waals surface area contributed by atoms with Gasteiger partial charge in [-0.3, -0.25) is 9.59 Å². The molecule has 0 radical (unpaired) electrons. The molecular weight excluding hydrogens is 691 g/mol. The zero-order valence-corrected chi connectivity index (χ0v) is 34.8. The van der Waals surface area contributed by atoms with Gasteiger partial charge in [-0.15, -0.1) is 0 Å². The molecule has 0 amide bonds. The Morgan fingerprint density at radius 1 is 0.545 bits per heavy atom. The fourth-order valence-corrected chi connectivity index (χ4v) is 5.07. The zero-order chi connectivity index (χ0) is 40.7. The number of quaternary nitrogens is 1. The topological polar surface area (TPSA) is 99.1 Å². The smallest absolute Gasteiger partial charge is 0.362 e. The second-order valence-corrected chi connectivity index (χ2v) is 14.1. The summed E-state index contributed by atoms with van der Waals surface area (Å²) in [6, 6.07) is -0.638. The van der Waals surface area contributed by atoms with Crippen molar-refractivity contribution >= 4 is 17.9 Å². The number of unbranched alkanes of at least 4 members (excludes halogenated alkanes) is 2. The van der Waals surface area contributed by atoms with E-state index in [0.717, 1.165) is 70.6 Å². The number of rotatable bonds is 34. The first-order chi connectivity index (χ1) is 26.6. The Bertz CT molecular complexity index is 1260. The predicted octanol–water partition coefficient (Wildman–Crippen LogP) is 10.9. The number of aliphatic carboxylic acids is 1. The van der Waals surface area contributed by atoms with E-state index < -0.39 is 18.1 Å². The highest BCUT2D eigenvalue weighted by molar-refractivity contribution is 5.72. The SMILES string of the molecule is CC/C=C/C/C=C/C/C=C/C/C=C/C/C=C/C/C=C/CCCC(=O)OC(COCCC(C(=O)O)[N+](C)(C)C)COC(=O)CCC/C=C/C/C=C/C/C=C/CC. The van der Waals surface area contributed by atoms with Crippen LogP contribution in [0.4, 0.5) is 0 Å². The number of carbonyl (C=O) groups excluding carboxylic acids is 2. The first-order valence-electron chi connectivity index (χ1n) is 20.4. The Hall–Kier alpha value is -4.01. The van der Waals surface area contributed by atoms with Gasteiger partial charge in [-0.2, -0.15) is 0 Å². The second kappa shape index (κ2) is 36.9. The Kier molecular flexibility index (Phi) is 34.2. The highest BCUT2D eigenvalue weighted by Crippen LogP contribution is 2.10. The highest BCUT2D eigenvalue weighted by Gasteiger charge is 2.31. The van der Waals surface area contributed by atoms with Crippen LogP contribution in [-0.4, -0.2) is 80.6 Å². The van der Waals surface area contributed by atoms with E-state index in [1.807, 2.05) is 21.1 Å². The van der Waals surface area contributed by atoms with Crippen LogP contribution in [0.25, 0.3) is 0 Å². The molecule has 0 spiro atoms. The minimum atomic E-state index is -0.897. The van der Waals surface area contributed by atoms with Gasteiger partial charge in [-0.05, 0) is 83.5 Å². The number of hydrogen-bond donors (Lipinski definition) is 1. The second-order valence-electron chi connectivity index (χ2n) is 14.1. The predicted molar refractivity (Wildman–Crippen MR) is 229 cm³/mol. The van der Waals surface area contributed by atoms with Crippen LogP contribution in [0.1, 0.15) is 117 Å². The van der Waals surface area contributed by atoms with Gasteiger partial charge in [0.15, 0.2) is 12.1 Å². The number of allylic oxidation sites excluding steroid dienone is 18. The van der Waals surface area contributed by atoms with Crippen LogP contribution in [0.15, 0.2) is 109 Å². The molecule has 0 rings (SSSR count). The quantitative estimate of drug-likeness (QED) is 0.0301. The third-order valence-electron chi connectivity index (χ3n) is 8.17. The molecule has 0 aromatic heterocycles. The summed E-state index contributed by atoms with van der Waals surface area (Å²) in [6.07, 6.45) is 50.1. The number of hydrogen-bond acceptors (Lipinski definition) is 6. The molecule has 0 aliphatic carbocycles. The van der Waals surface area contributed by atoms with Crippen LogP contribution in [0.3, 0.4) is 0 Å². The van der Waals surface area contributed by atoms with E-state index in [1.54, 1.807) is 0 Å². The van der Waals surface area contributed by atoms with Crippen molar-refractivity contribution in [3.8, 4) is 0 Å². The molecule has 2 atom stereocenters. The maximum absolute atomic E-state index is 12.7. The molecule has 8 heteroatoms. The summed E-state index contributed by atoms with van der Waals surface area (Å²) < 4.78 is 17.1. The van der Waals surface area contributed by atoms with Crippen molar-refractivity contribution in [3.05, 3.63) is 109 Å². The monoisotopic (exact) mass is 765 g/mol. The summed E-state index contributed by atoms with van der Waals surface area (Å²) in [5.41, 5.74) is 0. The van der Waals surface area contributed by atoms with Gasteiger partial charge in [0.25, 0.3) is 0 Å². The van der Waals surface area contributed by atoms with E-state index in [0.29, 0.717) is 19.3 Å². The Balaban J connectivity index is 4.56. The Morgan fingerprint density at radius 2 is 0.927 bits per heavy atom. The lowest BCUT2D eigenvalue weighted by Gasteiger charge is -2.31. The lowest BCUT2D eigenvalue weighted by atomic mass is 10.1. The van der Waals surface area contributed by atoms with Crippen LogP contribution in [-0.2, 0) is 28.6 Å². The average Bonchev–Trinajstić information content (AvgIpc) is 3.14. The lowest BCUT2D eigenvalue weighted by molar-refractivity contribution is -0.887. The summed E-state index contributed by atoms with van der Waals surface area (Å²) in [4.78, 5) is 36.8. The third kappa shape index (κ3) is 35.4. The number of carboxylic acid groups (broad SMARTS) is 1. The van der Waals surface area contributed by atoms with Gasteiger partial charge in [0.05, 0.1) is 34.4 Å². The molecule has 0 aromatic rings. The van der Waals surface area contributed by atoms with Crippen molar-refractivity contribution in [1.29, 1.82) is 0 Å². The first kappa shape index (κ1) is 51.0. The lowest BCUT2D eigenvalue weighted by Crippen LogP contribution is -2.50. The first-order valence-corrected chi connectivity index (χ1v) is 20.4. The largest absolute Gasteiger partial charge is 0.477 e. The van der Waals surface area contributed by atoms with Crippen LogP contribution < -0.4 is 0 Å². The van der Waals surface area contributed by atoms with Crippen LogP contribution in [0, 0.1) is 0 Å². The number of esters is 2. The molecule has 308 valence electrons. The molecule has 0 saturated carbocycles. The minimum absolute atomic E-state index is 0.0140. The molecule has 0 fully saturated rings. The van der Waals surface area contributed by atoms with Crippen LogP contribution in [0.2, 0.25) is 0 Å². The van der Waals surface area contributed by atoms with Gasteiger partial charge in [0.1, 0.15) is 6.61 Å². The number of ether oxygens (including phenoxy) is 3. The molecule has 0 bridgehead atoms. The molecule has 0 aromatic carbocycles. The maximum Gasteiger partial charge on any atom is 0.362 e. The summed E-state index contributed by atoms with van der Waals surface area (Å²) in [7, 11) is 5.47. The standard InChI is InChI=1S/C47H73NO7/c1-6-8-10-12-14-16-18-19-20-21-22-23-24-25-26-28-30-32-34-36-38-46(50)55-43(41-53-40-39-44(47(51)52)48(3,4)5)42-54-45(49)37-35-33-31-29-27-17-15-13-11-9-7-2/h8-11,14-17,19-20,22-23,25-26,29-32,43-44H,6-7,12-13,18,21,24,27-28,33-42H2,1-5H3/p+1/b10-8+,11-9+,16-14+,17-15+,20-19+,23-22+,26-25+,31-29+,32-30+. The molecule has 0 saturated heterocycles. The van der Waals surface area contributed by atoms with E-state index in [-0.39, 0.29) is 49.1 Å². The van der Waals surface area contributed by atoms with E-state index in [4.69, 9.17) is 14.2 Å². The summed E-state index contributed by atoms with van der Waals surface area (Å²) in [5, 5.41) is 9.59. The molecule has 8 nitrogen and oxygen atoms in total. The van der Waals surface area contributed by atoms with Crippen LogP contribution >= 0.6 is 0 Å². The van der Waals surface area contributed by atoms with Gasteiger partial charge in [-0.25, -0.2) is 4.79 Å². The fourth-order valence-electron chi connectivity index (χ4n) is 5.07. The van der Waals surface area contributed by atoms with Crippen molar-refractivity contribution in [2.75, 3.05) is 41.0 Å². The van der Waals surface area contributed by atoms with E-state index in [2.05, 4.69) is 123 Å². The van der Waals surface area contributed by atoms with Crippen LogP contribution in [0.5, 0.6) is 0 Å². The minimum Gasteiger partial charge on any atom is -0.477 e. The van der Waals surface area contributed by atoms with Crippen molar-refractivity contribution < 1.29 is 38.2 Å². The third-order valence-corrected chi connectivity index (χ3v) is 8.17. The fraction of sp³-hybridized carbons (Fsp3) is 0.553. The Morgan fingerprint density at radius 3 is 1.31 bits per heavy atom. The molecule has 0 heterocycles. The maximum atomic E-state index is 12.7. The number of nitrogens with zero attached hydrogens (tertiary/aromatic N) is 1. The van der Waals surface area contributed by atoms with Gasteiger partial charge in [0.2, 0.25) is 0 Å². The van der Waals surface area contributed by atoms with Gasteiger partial charge >= 0.3 is 17.9 Å². The normalized spacial score (nSPS) is 14.1. The van der Waals surface area contributed by atoms with Crippen molar-refractivity contribution in [1.82, 2.24) is 0 Å². The molecule has 2 unspecified atom stereocenters. The summed E-state index contributed by atoms with van der Waals surface area (Å²) in [6.45, 7) is 4.34. The van der Waals surface area contributed by atoms with Crippen molar-refractivity contribution in [3.63, 3.8) is 0 Å². The highest BCUT2D eigenvalue weighted by atomic mass is 16.6. The molecular formula is C47H74NO7+. The number of likely N-dealkylation sites (N-methyl/N-ethyl adjacent to an activating group) is 1. The van der Waals surface area contributed by atoms with E-state index >= 15 is 0 Å². The Labute approximate surface area is 334 Å². The van der Waals surface area contributed by atoms with Gasteiger partial charge < -0.3 is 23.8 Å². The van der Waals surface area contributed by atoms with Gasteiger partial charge in [0, 0.05) is 19.3 Å². The average molecular weight is 765 g/mol. The molecule has 1 N–H and O–H groups in total. The zero-order valence-electron chi connectivity index (χ0n) is 34.8. The van der Waals surface area contributed by atoms with Crippen molar-refractivity contribution in [2.24, 2.45) is 0 Å². The molecule has 55 heavy (non-hydrogen) atoms.